The van der Waals surface area contributed by atoms with E-state index in [4.69, 9.17) is 0 Å². The summed E-state index contributed by atoms with van der Waals surface area (Å²) in [5.74, 6) is -0.153. The molecule has 3 heteroatoms. The molecule has 0 aliphatic carbocycles. The van der Waals surface area contributed by atoms with Gasteiger partial charge in [-0.15, -0.1) is 0 Å². The Morgan fingerprint density at radius 3 is 2.70 bits per heavy atom. The lowest BCUT2D eigenvalue weighted by Crippen LogP contribution is -2.42. The predicted octanol–water partition coefficient (Wildman–Crippen LogP) is 3.26. The third-order valence-corrected chi connectivity index (χ3v) is 3.97. The fraction of sp³-hybridized carbons (Fsp3) is 0.529. The van der Waals surface area contributed by atoms with Crippen LogP contribution in [0.4, 0.5) is 4.39 Å². The SMILES string of the molecule is C=C(C)CN1CCC(NCc2ccc(F)cc2C)CC1. The van der Waals surface area contributed by atoms with E-state index in [0.29, 0.717) is 6.04 Å². The number of hydrogen-bond acceptors (Lipinski definition) is 2. The quantitative estimate of drug-likeness (QED) is 0.830. The molecule has 20 heavy (non-hydrogen) atoms. The first-order valence-corrected chi connectivity index (χ1v) is 7.40. The number of hydrogen-bond donors (Lipinski definition) is 1. The van der Waals surface area contributed by atoms with Gasteiger partial charge in [0.05, 0.1) is 0 Å². The molecule has 0 atom stereocenters. The lowest BCUT2D eigenvalue weighted by Gasteiger charge is -2.32. The number of piperidine rings is 1. The first-order chi connectivity index (χ1) is 9.54. The summed E-state index contributed by atoms with van der Waals surface area (Å²) < 4.78 is 13.1. The van der Waals surface area contributed by atoms with Gasteiger partial charge in [0.2, 0.25) is 0 Å². The van der Waals surface area contributed by atoms with Crippen LogP contribution in [0.1, 0.15) is 30.9 Å². The Labute approximate surface area is 121 Å². The van der Waals surface area contributed by atoms with E-state index >= 15 is 0 Å². The van der Waals surface area contributed by atoms with Gasteiger partial charge in [0.25, 0.3) is 0 Å². The maximum atomic E-state index is 13.1. The molecule has 0 spiro atoms. The van der Waals surface area contributed by atoms with Crippen LogP contribution in [0.3, 0.4) is 0 Å². The number of halogens is 1. The number of aryl methyl sites for hydroxylation is 1. The van der Waals surface area contributed by atoms with Crippen molar-refractivity contribution in [1.82, 2.24) is 10.2 Å². The second-order valence-corrected chi connectivity index (χ2v) is 5.96. The topological polar surface area (TPSA) is 15.3 Å². The van der Waals surface area contributed by atoms with E-state index in [1.807, 2.05) is 13.0 Å². The Morgan fingerprint density at radius 1 is 1.40 bits per heavy atom. The highest BCUT2D eigenvalue weighted by Crippen LogP contribution is 2.14. The average molecular weight is 276 g/mol. The Hall–Kier alpha value is -1.19. The minimum atomic E-state index is -0.153. The molecule has 0 saturated carbocycles. The highest BCUT2D eigenvalue weighted by Gasteiger charge is 2.18. The van der Waals surface area contributed by atoms with Gasteiger partial charge in [0, 0.05) is 19.1 Å². The molecule has 1 aliphatic rings. The van der Waals surface area contributed by atoms with Gasteiger partial charge in [0.1, 0.15) is 5.82 Å². The van der Waals surface area contributed by atoms with Gasteiger partial charge in [-0.3, -0.25) is 4.90 Å². The van der Waals surface area contributed by atoms with Crippen LogP contribution in [-0.2, 0) is 6.54 Å². The molecule has 1 heterocycles. The summed E-state index contributed by atoms with van der Waals surface area (Å²) >= 11 is 0. The van der Waals surface area contributed by atoms with Gasteiger partial charge in [0.15, 0.2) is 0 Å². The number of rotatable bonds is 5. The molecule has 0 aromatic heterocycles. The molecule has 1 saturated heterocycles. The third-order valence-electron chi connectivity index (χ3n) is 3.97. The predicted molar refractivity (Wildman–Crippen MR) is 82.3 cm³/mol. The number of nitrogens with one attached hydrogen (secondary N) is 1. The van der Waals surface area contributed by atoms with Crippen LogP contribution >= 0.6 is 0 Å². The minimum Gasteiger partial charge on any atom is -0.310 e. The Kier molecular flexibility index (Phi) is 5.32. The van der Waals surface area contributed by atoms with Crippen molar-refractivity contribution in [1.29, 1.82) is 0 Å². The minimum absolute atomic E-state index is 0.153. The van der Waals surface area contributed by atoms with Crippen LogP contribution in [0.25, 0.3) is 0 Å². The second-order valence-electron chi connectivity index (χ2n) is 5.96. The molecule has 0 amide bonds. The van der Waals surface area contributed by atoms with Crippen LogP contribution in [0.5, 0.6) is 0 Å². The Morgan fingerprint density at radius 2 is 2.10 bits per heavy atom. The molecular weight excluding hydrogens is 251 g/mol. The van der Waals surface area contributed by atoms with E-state index in [-0.39, 0.29) is 5.82 Å². The Bertz CT molecular complexity index is 462. The number of likely N-dealkylation sites (tertiary alicyclic amines) is 1. The lowest BCUT2D eigenvalue weighted by atomic mass is 10.0. The van der Waals surface area contributed by atoms with Crippen molar-refractivity contribution in [2.75, 3.05) is 19.6 Å². The largest absolute Gasteiger partial charge is 0.310 e. The normalized spacial score (nSPS) is 17.4. The van der Waals surface area contributed by atoms with Crippen molar-refractivity contribution in [3.8, 4) is 0 Å². The van der Waals surface area contributed by atoms with Crippen LogP contribution < -0.4 is 5.32 Å². The highest BCUT2D eigenvalue weighted by atomic mass is 19.1. The molecule has 0 radical (unpaired) electrons. The molecule has 0 bridgehead atoms. The zero-order valence-corrected chi connectivity index (χ0v) is 12.6. The Balaban J connectivity index is 1.77. The van der Waals surface area contributed by atoms with Gasteiger partial charge < -0.3 is 5.32 Å². The maximum absolute atomic E-state index is 13.1. The lowest BCUT2D eigenvalue weighted by molar-refractivity contribution is 0.211. The fourth-order valence-corrected chi connectivity index (χ4v) is 2.79. The van der Waals surface area contributed by atoms with Crippen LogP contribution in [0.15, 0.2) is 30.4 Å². The first-order valence-electron chi connectivity index (χ1n) is 7.40. The molecule has 2 nitrogen and oxygen atoms in total. The van der Waals surface area contributed by atoms with Crippen molar-refractivity contribution in [3.05, 3.63) is 47.3 Å². The summed E-state index contributed by atoms with van der Waals surface area (Å²) in [5, 5.41) is 3.60. The van der Waals surface area contributed by atoms with Gasteiger partial charge >= 0.3 is 0 Å². The summed E-state index contributed by atoms with van der Waals surface area (Å²) in [5.41, 5.74) is 3.45. The first kappa shape index (κ1) is 15.2. The van der Waals surface area contributed by atoms with Gasteiger partial charge in [-0.2, -0.15) is 0 Å². The zero-order chi connectivity index (χ0) is 14.5. The molecule has 1 aromatic carbocycles. The van der Waals surface area contributed by atoms with Gasteiger partial charge in [-0.05, 0) is 63.0 Å². The molecule has 1 aromatic rings. The molecule has 0 unspecified atom stereocenters. The summed E-state index contributed by atoms with van der Waals surface area (Å²) in [4.78, 5) is 2.46. The van der Waals surface area contributed by atoms with Crippen molar-refractivity contribution in [3.63, 3.8) is 0 Å². The maximum Gasteiger partial charge on any atom is 0.123 e. The van der Waals surface area contributed by atoms with E-state index in [0.717, 1.165) is 31.7 Å². The van der Waals surface area contributed by atoms with Gasteiger partial charge in [-0.1, -0.05) is 18.2 Å². The van der Waals surface area contributed by atoms with Gasteiger partial charge in [-0.25, -0.2) is 4.39 Å². The smallest absolute Gasteiger partial charge is 0.123 e. The highest BCUT2D eigenvalue weighted by molar-refractivity contribution is 5.26. The van der Waals surface area contributed by atoms with E-state index < -0.39 is 0 Å². The molecule has 1 N–H and O–H groups in total. The summed E-state index contributed by atoms with van der Waals surface area (Å²) in [6.45, 7) is 12.1. The van der Waals surface area contributed by atoms with E-state index in [1.54, 1.807) is 12.1 Å². The number of nitrogens with zero attached hydrogens (tertiary/aromatic N) is 1. The molecule has 1 aliphatic heterocycles. The summed E-state index contributed by atoms with van der Waals surface area (Å²) in [6.07, 6.45) is 2.35. The summed E-state index contributed by atoms with van der Waals surface area (Å²) in [7, 11) is 0. The molecular formula is C17H25FN2. The van der Waals surface area contributed by atoms with E-state index in [9.17, 15) is 4.39 Å². The third kappa shape index (κ3) is 4.43. The average Bonchev–Trinajstić information content (AvgIpc) is 2.39. The monoisotopic (exact) mass is 276 g/mol. The van der Waals surface area contributed by atoms with E-state index in [1.165, 1.54) is 24.0 Å². The van der Waals surface area contributed by atoms with Crippen molar-refractivity contribution < 1.29 is 4.39 Å². The van der Waals surface area contributed by atoms with Crippen LogP contribution in [0.2, 0.25) is 0 Å². The van der Waals surface area contributed by atoms with Crippen molar-refractivity contribution in [2.24, 2.45) is 0 Å². The fourth-order valence-electron chi connectivity index (χ4n) is 2.79. The zero-order valence-electron chi connectivity index (χ0n) is 12.6. The summed E-state index contributed by atoms with van der Waals surface area (Å²) in [6, 6.07) is 5.60. The van der Waals surface area contributed by atoms with Crippen LogP contribution in [0, 0.1) is 12.7 Å². The standard InChI is InChI=1S/C17H25FN2/c1-13(2)12-20-8-6-17(7-9-20)19-11-15-4-5-16(18)10-14(15)3/h4-5,10,17,19H,1,6-9,11-12H2,2-3H3. The van der Waals surface area contributed by atoms with Crippen LogP contribution in [-0.4, -0.2) is 30.6 Å². The molecule has 1 fully saturated rings. The van der Waals surface area contributed by atoms with Crippen molar-refractivity contribution >= 4 is 0 Å². The molecule has 110 valence electrons. The second kappa shape index (κ2) is 7.00. The molecule has 2 rings (SSSR count). The van der Waals surface area contributed by atoms with E-state index in [2.05, 4.69) is 23.7 Å². The van der Waals surface area contributed by atoms with Crippen molar-refractivity contribution in [2.45, 2.75) is 39.3 Å². The number of benzene rings is 1.